The third-order valence-electron chi connectivity index (χ3n) is 4.00. The molecule has 29 heavy (non-hydrogen) atoms. The van der Waals surface area contributed by atoms with E-state index in [1.807, 2.05) is 0 Å². The summed E-state index contributed by atoms with van der Waals surface area (Å²) >= 11 is 5.77. The van der Waals surface area contributed by atoms with E-state index >= 15 is 0 Å². The van der Waals surface area contributed by atoms with Crippen LogP contribution in [0.25, 0.3) is 10.9 Å². The average Bonchev–Trinajstić information content (AvgIpc) is 2.68. The van der Waals surface area contributed by atoms with E-state index in [1.165, 1.54) is 35.5 Å². The van der Waals surface area contributed by atoms with Gasteiger partial charge in [0, 0.05) is 30.2 Å². The Kier molecular flexibility index (Phi) is 7.87. The number of pyridine rings is 2. The van der Waals surface area contributed by atoms with Crippen LogP contribution in [0.5, 0.6) is 0 Å². The summed E-state index contributed by atoms with van der Waals surface area (Å²) in [7, 11) is 0. The quantitative estimate of drug-likeness (QED) is 0.653. The predicted octanol–water partition coefficient (Wildman–Crippen LogP) is 3.89. The van der Waals surface area contributed by atoms with Gasteiger partial charge in [-0.05, 0) is 17.7 Å². The fraction of sp³-hybridized carbons (Fsp3) is 0.286. The maximum atomic E-state index is 14.1. The summed E-state index contributed by atoms with van der Waals surface area (Å²) in [6.45, 7) is 4.13. The Hall–Kier alpha value is -2.77. The zero-order valence-electron chi connectivity index (χ0n) is 16.2. The molecule has 0 aliphatic heterocycles. The van der Waals surface area contributed by atoms with Crippen molar-refractivity contribution in [2.45, 2.75) is 33.2 Å². The number of rotatable bonds is 5. The van der Waals surface area contributed by atoms with E-state index in [-0.39, 0.29) is 30.0 Å². The van der Waals surface area contributed by atoms with Crippen molar-refractivity contribution in [3.63, 3.8) is 0 Å². The lowest BCUT2D eigenvalue weighted by Gasteiger charge is -2.12. The Morgan fingerprint density at radius 2 is 2.00 bits per heavy atom. The van der Waals surface area contributed by atoms with Gasteiger partial charge < -0.3 is 14.8 Å². The molecule has 0 saturated carbocycles. The molecule has 8 heteroatoms. The number of carboxylic acids is 1. The Morgan fingerprint density at radius 1 is 1.31 bits per heavy atom. The van der Waals surface area contributed by atoms with Crippen LogP contribution in [0.2, 0.25) is 5.02 Å². The number of aromatic nitrogens is 2. The van der Waals surface area contributed by atoms with Crippen molar-refractivity contribution in [1.29, 1.82) is 0 Å². The van der Waals surface area contributed by atoms with Crippen LogP contribution in [0.4, 0.5) is 4.39 Å². The minimum Gasteiger partial charge on any atom is -0.477 e. The molecule has 0 fully saturated rings. The van der Waals surface area contributed by atoms with Gasteiger partial charge in [-0.15, -0.1) is 0 Å². The molecule has 0 atom stereocenters. The van der Waals surface area contributed by atoms with E-state index in [9.17, 15) is 19.1 Å². The smallest absolute Gasteiger partial charge is 0.341 e. The van der Waals surface area contributed by atoms with Crippen LogP contribution in [-0.4, -0.2) is 32.3 Å². The first-order chi connectivity index (χ1) is 13.8. The van der Waals surface area contributed by atoms with Gasteiger partial charge in [-0.25, -0.2) is 9.18 Å². The van der Waals surface area contributed by atoms with Gasteiger partial charge in [0.15, 0.2) is 0 Å². The van der Waals surface area contributed by atoms with Crippen LogP contribution in [0.3, 0.4) is 0 Å². The van der Waals surface area contributed by atoms with Crippen molar-refractivity contribution < 1.29 is 19.4 Å². The van der Waals surface area contributed by atoms with Crippen LogP contribution in [0, 0.1) is 5.82 Å². The lowest BCUT2D eigenvalue weighted by atomic mass is 10.1. The van der Waals surface area contributed by atoms with E-state index in [0.717, 1.165) is 0 Å². The molecule has 0 saturated heterocycles. The third-order valence-corrected chi connectivity index (χ3v) is 4.29. The van der Waals surface area contributed by atoms with Crippen LogP contribution < -0.4 is 5.43 Å². The molecule has 0 bridgehead atoms. The summed E-state index contributed by atoms with van der Waals surface area (Å²) in [5, 5.41) is 18.5. The van der Waals surface area contributed by atoms with Gasteiger partial charge in [-0.2, -0.15) is 0 Å². The van der Waals surface area contributed by atoms with E-state index in [0.29, 0.717) is 16.8 Å². The Morgan fingerprint density at radius 3 is 2.62 bits per heavy atom. The van der Waals surface area contributed by atoms with Gasteiger partial charge >= 0.3 is 5.97 Å². The van der Waals surface area contributed by atoms with E-state index in [2.05, 4.69) is 18.8 Å². The summed E-state index contributed by atoms with van der Waals surface area (Å²) in [5.41, 5.74) is 0.0431. The number of halogens is 2. The monoisotopic (exact) mass is 420 g/mol. The molecular weight excluding hydrogens is 399 g/mol. The van der Waals surface area contributed by atoms with E-state index in [1.54, 1.807) is 12.1 Å². The largest absolute Gasteiger partial charge is 0.477 e. The van der Waals surface area contributed by atoms with Gasteiger partial charge in [-0.1, -0.05) is 44.0 Å². The molecule has 3 aromatic rings. The Labute approximate surface area is 172 Å². The molecule has 0 aliphatic rings. The maximum Gasteiger partial charge on any atom is 0.341 e. The van der Waals surface area contributed by atoms with Crippen molar-refractivity contribution in [1.82, 2.24) is 9.55 Å². The van der Waals surface area contributed by atoms with Crippen molar-refractivity contribution in [3.05, 3.63) is 74.5 Å². The standard InChI is InChI=1S/C18H14ClFN2O4.C3H8/c19-14-3-1-2-10(16(14)20)6-11-7-12-15(8-21-11)22(4-5-23)9-13(17(12)24)18(25)26;1-3-2/h1-3,7-9,23H,4-6H2,(H,25,26);3H2,1-2H3. The number of nitrogens with zero attached hydrogens (tertiary/aromatic N) is 2. The normalized spacial score (nSPS) is 10.5. The molecule has 6 nitrogen and oxygen atoms in total. The fourth-order valence-electron chi connectivity index (χ4n) is 2.75. The molecule has 1 aromatic carbocycles. The molecule has 0 amide bonds. The molecule has 0 aliphatic carbocycles. The second kappa shape index (κ2) is 10.1. The second-order valence-corrected chi connectivity index (χ2v) is 6.79. The van der Waals surface area contributed by atoms with Gasteiger partial charge in [0.25, 0.3) is 0 Å². The van der Waals surface area contributed by atoms with Gasteiger partial charge in [-0.3, -0.25) is 9.78 Å². The number of aliphatic hydroxyl groups is 1. The number of hydrogen-bond donors (Lipinski definition) is 2. The topological polar surface area (TPSA) is 92.4 Å². The summed E-state index contributed by atoms with van der Waals surface area (Å²) in [5.74, 6) is -1.92. The Bertz CT molecular complexity index is 1080. The number of hydrogen-bond acceptors (Lipinski definition) is 4. The molecular formula is C21H22ClFN2O4. The lowest BCUT2D eigenvalue weighted by Crippen LogP contribution is -2.20. The van der Waals surface area contributed by atoms with Crippen LogP contribution in [-0.2, 0) is 13.0 Å². The maximum absolute atomic E-state index is 14.1. The van der Waals surface area contributed by atoms with Crippen molar-refractivity contribution in [2.24, 2.45) is 0 Å². The minimum atomic E-state index is -1.36. The molecule has 2 heterocycles. The van der Waals surface area contributed by atoms with Crippen molar-refractivity contribution >= 4 is 28.5 Å². The highest BCUT2D eigenvalue weighted by atomic mass is 35.5. The molecule has 154 valence electrons. The summed E-state index contributed by atoms with van der Waals surface area (Å²) in [6.07, 6.45) is 3.94. The molecule has 2 aromatic heterocycles. The number of aromatic carboxylic acids is 1. The zero-order chi connectivity index (χ0) is 21.6. The first-order valence-corrected chi connectivity index (χ1v) is 9.50. The zero-order valence-corrected chi connectivity index (χ0v) is 16.9. The van der Waals surface area contributed by atoms with Crippen LogP contribution >= 0.6 is 11.6 Å². The highest BCUT2D eigenvalue weighted by Gasteiger charge is 2.16. The molecule has 0 unspecified atom stereocenters. The number of carboxylic acid groups (broad SMARTS) is 1. The summed E-state index contributed by atoms with van der Waals surface area (Å²) in [6, 6.07) is 6.04. The van der Waals surface area contributed by atoms with Crippen molar-refractivity contribution in [2.75, 3.05) is 6.61 Å². The number of fused-ring (bicyclic) bond motifs is 1. The van der Waals surface area contributed by atoms with Gasteiger partial charge in [0.2, 0.25) is 5.43 Å². The van der Waals surface area contributed by atoms with Crippen molar-refractivity contribution in [3.8, 4) is 0 Å². The highest BCUT2D eigenvalue weighted by Crippen LogP contribution is 2.21. The van der Waals surface area contributed by atoms with Crippen LogP contribution in [0.1, 0.15) is 41.9 Å². The molecule has 0 spiro atoms. The average molecular weight is 421 g/mol. The predicted molar refractivity (Wildman–Crippen MR) is 110 cm³/mol. The first-order valence-electron chi connectivity index (χ1n) is 9.13. The lowest BCUT2D eigenvalue weighted by molar-refractivity contribution is 0.0694. The van der Waals surface area contributed by atoms with Crippen LogP contribution in [0.15, 0.2) is 41.5 Å². The summed E-state index contributed by atoms with van der Waals surface area (Å²) in [4.78, 5) is 28.0. The highest BCUT2D eigenvalue weighted by molar-refractivity contribution is 6.30. The van der Waals surface area contributed by atoms with Gasteiger partial charge in [0.05, 0.1) is 23.3 Å². The summed E-state index contributed by atoms with van der Waals surface area (Å²) < 4.78 is 15.5. The van der Waals surface area contributed by atoms with Gasteiger partial charge in [0.1, 0.15) is 11.4 Å². The number of benzene rings is 1. The van der Waals surface area contributed by atoms with E-state index in [4.69, 9.17) is 16.7 Å². The SMILES string of the molecule is CCC.O=C(O)c1cn(CCO)c2cnc(Cc3cccc(Cl)c3F)cc2c1=O. The van der Waals surface area contributed by atoms with E-state index < -0.39 is 22.8 Å². The second-order valence-electron chi connectivity index (χ2n) is 6.38. The number of carbonyl (C=O) groups is 1. The fourth-order valence-corrected chi connectivity index (χ4v) is 2.95. The molecule has 3 rings (SSSR count). The first kappa shape index (κ1) is 22.5. The third kappa shape index (κ3) is 5.19. The molecule has 2 N–H and O–H groups in total. The number of aliphatic hydroxyl groups excluding tert-OH is 1. The Balaban J connectivity index is 0.000000941. The minimum absolute atomic E-state index is 0.0123. The molecule has 0 radical (unpaired) electrons.